The Hall–Kier alpha value is -1.75. The number of nitrogens with one attached hydrogen (secondary N) is 1. The van der Waals surface area contributed by atoms with Crippen molar-refractivity contribution in [3.05, 3.63) is 46.7 Å². The summed E-state index contributed by atoms with van der Waals surface area (Å²) >= 11 is 3.55. The minimum atomic E-state index is 0.669. The maximum Gasteiger partial charge on any atom is 0.175 e. The number of anilines is 1. The molecular formula is C16H19BrN2O2. The van der Waals surface area contributed by atoms with E-state index in [0.717, 1.165) is 33.6 Å². The Labute approximate surface area is 133 Å². The Morgan fingerprint density at radius 3 is 2.86 bits per heavy atom. The molecule has 5 heteroatoms. The minimum Gasteiger partial charge on any atom is -0.493 e. The van der Waals surface area contributed by atoms with E-state index in [1.807, 2.05) is 24.3 Å². The SMILES string of the molecule is CCCOc1c(Br)cc(CNc2cccnc2)cc1OC. The Bertz CT molecular complexity index is 576. The van der Waals surface area contributed by atoms with Gasteiger partial charge in [-0.2, -0.15) is 0 Å². The minimum absolute atomic E-state index is 0.669. The molecule has 4 nitrogen and oxygen atoms in total. The van der Waals surface area contributed by atoms with Gasteiger partial charge in [0.1, 0.15) is 0 Å². The number of hydrogen-bond acceptors (Lipinski definition) is 4. The summed E-state index contributed by atoms with van der Waals surface area (Å²) in [5.41, 5.74) is 2.09. The second-order valence-electron chi connectivity index (χ2n) is 4.55. The molecule has 1 N–H and O–H groups in total. The van der Waals surface area contributed by atoms with Gasteiger partial charge in [-0.05, 0) is 52.2 Å². The van der Waals surface area contributed by atoms with Crippen molar-refractivity contribution in [2.24, 2.45) is 0 Å². The smallest absolute Gasteiger partial charge is 0.175 e. The molecule has 112 valence electrons. The van der Waals surface area contributed by atoms with Crippen LogP contribution in [0.25, 0.3) is 0 Å². The van der Waals surface area contributed by atoms with Crippen LogP contribution in [0, 0.1) is 0 Å². The van der Waals surface area contributed by atoms with E-state index >= 15 is 0 Å². The van der Waals surface area contributed by atoms with E-state index in [1.54, 1.807) is 19.5 Å². The Balaban J connectivity index is 2.12. The summed E-state index contributed by atoms with van der Waals surface area (Å²) in [6.07, 6.45) is 4.51. The number of rotatable bonds is 7. The van der Waals surface area contributed by atoms with Gasteiger partial charge in [0.25, 0.3) is 0 Å². The molecule has 21 heavy (non-hydrogen) atoms. The Kier molecular flexibility index (Phi) is 5.87. The van der Waals surface area contributed by atoms with Crippen LogP contribution >= 0.6 is 15.9 Å². The molecule has 2 aromatic rings. The first-order valence-electron chi connectivity index (χ1n) is 6.87. The van der Waals surface area contributed by atoms with Crippen LogP contribution < -0.4 is 14.8 Å². The van der Waals surface area contributed by atoms with Crippen LogP contribution in [0.3, 0.4) is 0 Å². The molecule has 0 bridgehead atoms. The maximum absolute atomic E-state index is 5.72. The molecule has 0 saturated heterocycles. The van der Waals surface area contributed by atoms with Gasteiger partial charge in [-0.15, -0.1) is 0 Å². The fraction of sp³-hybridized carbons (Fsp3) is 0.312. The number of benzene rings is 1. The zero-order chi connectivity index (χ0) is 15.1. The third-order valence-corrected chi connectivity index (χ3v) is 3.49. The van der Waals surface area contributed by atoms with E-state index in [2.05, 4.69) is 33.2 Å². The number of aromatic nitrogens is 1. The Morgan fingerprint density at radius 1 is 1.33 bits per heavy atom. The van der Waals surface area contributed by atoms with Gasteiger partial charge in [-0.1, -0.05) is 6.92 Å². The first-order valence-corrected chi connectivity index (χ1v) is 7.67. The van der Waals surface area contributed by atoms with E-state index in [-0.39, 0.29) is 0 Å². The zero-order valence-electron chi connectivity index (χ0n) is 12.2. The highest BCUT2D eigenvalue weighted by Crippen LogP contribution is 2.36. The van der Waals surface area contributed by atoms with Crippen molar-refractivity contribution in [3.8, 4) is 11.5 Å². The van der Waals surface area contributed by atoms with Crippen LogP contribution in [0.5, 0.6) is 11.5 Å². The molecule has 0 aliphatic rings. The lowest BCUT2D eigenvalue weighted by atomic mass is 10.2. The highest BCUT2D eigenvalue weighted by molar-refractivity contribution is 9.10. The number of hydrogen-bond donors (Lipinski definition) is 1. The van der Waals surface area contributed by atoms with E-state index in [9.17, 15) is 0 Å². The Morgan fingerprint density at radius 2 is 2.19 bits per heavy atom. The molecule has 1 heterocycles. The molecule has 0 aliphatic heterocycles. The lowest BCUT2D eigenvalue weighted by molar-refractivity contribution is 0.292. The number of pyridine rings is 1. The number of nitrogens with zero attached hydrogens (tertiary/aromatic N) is 1. The van der Waals surface area contributed by atoms with Crippen molar-refractivity contribution in [3.63, 3.8) is 0 Å². The largest absolute Gasteiger partial charge is 0.493 e. The second-order valence-corrected chi connectivity index (χ2v) is 5.41. The molecule has 1 aromatic heterocycles. The van der Waals surface area contributed by atoms with Crippen LogP contribution in [0.2, 0.25) is 0 Å². The molecule has 0 fully saturated rings. The molecule has 2 rings (SSSR count). The number of methoxy groups -OCH3 is 1. The van der Waals surface area contributed by atoms with Gasteiger partial charge in [0.15, 0.2) is 11.5 Å². The van der Waals surface area contributed by atoms with Crippen LogP contribution in [0.4, 0.5) is 5.69 Å². The maximum atomic E-state index is 5.72. The summed E-state index contributed by atoms with van der Waals surface area (Å²) in [6, 6.07) is 7.91. The highest BCUT2D eigenvalue weighted by atomic mass is 79.9. The summed E-state index contributed by atoms with van der Waals surface area (Å²) in [6.45, 7) is 3.43. The van der Waals surface area contributed by atoms with Crippen LogP contribution in [0.1, 0.15) is 18.9 Å². The van der Waals surface area contributed by atoms with E-state index in [1.165, 1.54) is 0 Å². The summed E-state index contributed by atoms with van der Waals surface area (Å²) in [7, 11) is 1.65. The van der Waals surface area contributed by atoms with Crippen molar-refractivity contribution in [2.45, 2.75) is 19.9 Å². The molecule has 0 amide bonds. The van der Waals surface area contributed by atoms with E-state index < -0.39 is 0 Å². The molecular weight excluding hydrogens is 332 g/mol. The molecule has 0 radical (unpaired) electrons. The van der Waals surface area contributed by atoms with Gasteiger partial charge >= 0.3 is 0 Å². The lowest BCUT2D eigenvalue weighted by Crippen LogP contribution is -2.03. The quantitative estimate of drug-likeness (QED) is 0.810. The van der Waals surface area contributed by atoms with Crippen molar-refractivity contribution >= 4 is 21.6 Å². The van der Waals surface area contributed by atoms with Crippen molar-refractivity contribution in [1.82, 2.24) is 4.98 Å². The van der Waals surface area contributed by atoms with Gasteiger partial charge in [0.05, 0.1) is 23.9 Å². The standard InChI is InChI=1S/C16H19BrN2O2/c1-3-7-21-16-14(17)8-12(9-15(16)20-2)10-19-13-5-4-6-18-11-13/h4-6,8-9,11,19H,3,7,10H2,1-2H3. The molecule has 0 saturated carbocycles. The predicted molar refractivity (Wildman–Crippen MR) is 88.0 cm³/mol. The lowest BCUT2D eigenvalue weighted by Gasteiger charge is -2.14. The third-order valence-electron chi connectivity index (χ3n) is 2.90. The molecule has 0 unspecified atom stereocenters. The average Bonchev–Trinajstić information content (AvgIpc) is 2.52. The highest BCUT2D eigenvalue weighted by Gasteiger charge is 2.11. The molecule has 0 atom stereocenters. The van der Waals surface area contributed by atoms with Crippen LogP contribution in [0.15, 0.2) is 41.1 Å². The normalized spacial score (nSPS) is 10.2. The van der Waals surface area contributed by atoms with Gasteiger partial charge in [-0.3, -0.25) is 4.98 Å². The van der Waals surface area contributed by atoms with Crippen molar-refractivity contribution in [1.29, 1.82) is 0 Å². The topological polar surface area (TPSA) is 43.4 Å². The van der Waals surface area contributed by atoms with Crippen LogP contribution in [-0.2, 0) is 6.54 Å². The fourth-order valence-corrected chi connectivity index (χ4v) is 2.49. The summed E-state index contributed by atoms with van der Waals surface area (Å²) in [5.74, 6) is 1.49. The van der Waals surface area contributed by atoms with E-state index in [0.29, 0.717) is 13.2 Å². The number of ether oxygens (including phenoxy) is 2. The van der Waals surface area contributed by atoms with Crippen LogP contribution in [-0.4, -0.2) is 18.7 Å². The van der Waals surface area contributed by atoms with Gasteiger partial charge in [-0.25, -0.2) is 0 Å². The molecule has 0 aliphatic carbocycles. The summed E-state index contributed by atoms with van der Waals surface area (Å²) in [5, 5.41) is 3.32. The number of halogens is 1. The first kappa shape index (κ1) is 15.6. The monoisotopic (exact) mass is 350 g/mol. The van der Waals surface area contributed by atoms with E-state index in [4.69, 9.17) is 9.47 Å². The average molecular weight is 351 g/mol. The third kappa shape index (κ3) is 4.36. The predicted octanol–water partition coefficient (Wildman–Crippen LogP) is 4.25. The van der Waals surface area contributed by atoms with Gasteiger partial charge < -0.3 is 14.8 Å². The summed E-state index contributed by atoms with van der Waals surface area (Å²) < 4.78 is 12.0. The molecule has 0 spiro atoms. The fourth-order valence-electron chi connectivity index (χ4n) is 1.89. The van der Waals surface area contributed by atoms with Crippen molar-refractivity contribution < 1.29 is 9.47 Å². The zero-order valence-corrected chi connectivity index (χ0v) is 13.8. The van der Waals surface area contributed by atoms with Crippen molar-refractivity contribution in [2.75, 3.05) is 19.0 Å². The molecule has 1 aromatic carbocycles. The van der Waals surface area contributed by atoms with Gasteiger partial charge in [0.2, 0.25) is 0 Å². The second kappa shape index (κ2) is 7.88. The first-order chi connectivity index (χ1) is 10.2. The van der Waals surface area contributed by atoms with Gasteiger partial charge in [0, 0.05) is 18.9 Å². The summed E-state index contributed by atoms with van der Waals surface area (Å²) in [4.78, 5) is 4.08.